The molecule has 0 unspecified atom stereocenters. The zero-order chi connectivity index (χ0) is 20.8. The monoisotopic (exact) mass is 417 g/mol. The number of likely N-dealkylation sites (N-methyl/N-ethyl adjacent to an activating group) is 1. The van der Waals surface area contributed by atoms with Crippen LogP contribution in [0, 0.1) is 5.82 Å². The van der Waals surface area contributed by atoms with Gasteiger partial charge in [-0.2, -0.15) is 0 Å². The number of hydrogen-bond acceptors (Lipinski definition) is 6. The summed E-state index contributed by atoms with van der Waals surface area (Å²) in [5, 5.41) is 11.4. The largest absolute Gasteiger partial charge is 0.467 e. The number of rotatable bonds is 8. The fourth-order valence-electron chi connectivity index (χ4n) is 2.49. The van der Waals surface area contributed by atoms with E-state index in [1.807, 2.05) is 0 Å². The molecular weight excluding hydrogens is 397 g/mol. The van der Waals surface area contributed by atoms with Gasteiger partial charge >= 0.3 is 0 Å². The summed E-state index contributed by atoms with van der Waals surface area (Å²) in [6, 6.07) is 9.44. The van der Waals surface area contributed by atoms with Crippen molar-refractivity contribution < 1.29 is 18.4 Å². The molecule has 2 aromatic heterocycles. The van der Waals surface area contributed by atoms with E-state index in [9.17, 15) is 14.0 Å². The minimum Gasteiger partial charge on any atom is -0.467 e. The molecule has 2 heterocycles. The van der Waals surface area contributed by atoms with Gasteiger partial charge in [0.15, 0.2) is 11.0 Å². The quantitative estimate of drug-likeness (QED) is 0.564. The molecule has 0 aliphatic rings. The highest BCUT2D eigenvalue weighted by molar-refractivity contribution is 7.99. The van der Waals surface area contributed by atoms with Crippen molar-refractivity contribution in [2.75, 3.05) is 19.3 Å². The highest BCUT2D eigenvalue weighted by Gasteiger charge is 2.17. The van der Waals surface area contributed by atoms with Crippen LogP contribution in [0.5, 0.6) is 0 Å². The van der Waals surface area contributed by atoms with Crippen molar-refractivity contribution in [1.82, 2.24) is 25.0 Å². The Bertz CT molecular complexity index is 972. The van der Waals surface area contributed by atoms with Crippen molar-refractivity contribution in [3.63, 3.8) is 0 Å². The first kappa shape index (κ1) is 20.6. The maximum Gasteiger partial charge on any atom is 0.239 e. The maximum atomic E-state index is 13.1. The summed E-state index contributed by atoms with van der Waals surface area (Å²) in [6.45, 7) is 0.216. The molecule has 29 heavy (non-hydrogen) atoms. The number of carbonyl (C=O) groups is 2. The Kier molecular flexibility index (Phi) is 6.65. The molecule has 152 valence electrons. The molecule has 0 bridgehead atoms. The average molecular weight is 417 g/mol. The molecule has 0 saturated carbocycles. The van der Waals surface area contributed by atoms with E-state index in [4.69, 9.17) is 4.42 Å². The van der Waals surface area contributed by atoms with Crippen LogP contribution < -0.4 is 5.32 Å². The summed E-state index contributed by atoms with van der Waals surface area (Å²) in [5.74, 6) is 0.506. The molecule has 10 heteroatoms. The predicted molar refractivity (Wildman–Crippen MR) is 105 cm³/mol. The number of hydrogen-bond donors (Lipinski definition) is 1. The average Bonchev–Trinajstić information content (AvgIpc) is 3.35. The lowest BCUT2D eigenvalue weighted by Gasteiger charge is -2.16. The number of halogens is 1. The Morgan fingerprint density at radius 2 is 2.00 bits per heavy atom. The lowest BCUT2D eigenvalue weighted by molar-refractivity contribution is -0.132. The first-order valence-corrected chi connectivity index (χ1v) is 9.74. The zero-order valence-electron chi connectivity index (χ0n) is 16.0. The van der Waals surface area contributed by atoms with Gasteiger partial charge in [-0.1, -0.05) is 11.8 Å². The summed E-state index contributed by atoms with van der Waals surface area (Å²) in [7, 11) is 3.34. The SMILES string of the molecule is CN(CC(=O)NCc1ccco1)C(=O)CSc1nnc(-c2ccc(F)cc2)n1C. The number of nitrogens with one attached hydrogen (secondary N) is 1. The highest BCUT2D eigenvalue weighted by atomic mass is 32.2. The van der Waals surface area contributed by atoms with Crippen molar-refractivity contribution in [1.29, 1.82) is 0 Å². The molecule has 0 atom stereocenters. The molecule has 0 saturated heterocycles. The molecule has 0 fully saturated rings. The third-order valence-electron chi connectivity index (χ3n) is 4.11. The van der Waals surface area contributed by atoms with E-state index in [0.717, 1.165) is 5.56 Å². The van der Waals surface area contributed by atoms with Crippen molar-refractivity contribution in [3.8, 4) is 11.4 Å². The Hall–Kier alpha value is -3.14. The molecule has 8 nitrogen and oxygen atoms in total. The minimum atomic E-state index is -0.327. The zero-order valence-corrected chi connectivity index (χ0v) is 16.8. The van der Waals surface area contributed by atoms with E-state index in [2.05, 4.69) is 15.5 Å². The lowest BCUT2D eigenvalue weighted by atomic mass is 10.2. The number of amides is 2. The first-order chi connectivity index (χ1) is 13.9. The minimum absolute atomic E-state index is 0.0558. The van der Waals surface area contributed by atoms with Crippen LogP contribution >= 0.6 is 11.8 Å². The third kappa shape index (κ3) is 5.44. The van der Waals surface area contributed by atoms with Crippen LogP contribution in [0.25, 0.3) is 11.4 Å². The van der Waals surface area contributed by atoms with Gasteiger partial charge in [0, 0.05) is 19.7 Å². The molecule has 3 rings (SSSR count). The van der Waals surface area contributed by atoms with E-state index in [-0.39, 0.29) is 36.5 Å². The van der Waals surface area contributed by atoms with E-state index < -0.39 is 0 Å². The van der Waals surface area contributed by atoms with Crippen molar-refractivity contribution >= 4 is 23.6 Å². The molecule has 3 aromatic rings. The summed E-state index contributed by atoms with van der Waals surface area (Å²) in [5.41, 5.74) is 0.727. The summed E-state index contributed by atoms with van der Waals surface area (Å²) in [4.78, 5) is 25.6. The molecular formula is C19H20FN5O3S. The standard InChI is InChI=1S/C19H20FN5O3S/c1-24(11-16(26)21-10-15-4-3-9-28-15)17(27)12-29-19-23-22-18(25(19)2)13-5-7-14(20)8-6-13/h3-9H,10-12H2,1-2H3,(H,21,26). The first-order valence-electron chi connectivity index (χ1n) is 8.75. The van der Waals surface area contributed by atoms with Crippen LogP contribution in [0.2, 0.25) is 0 Å². The van der Waals surface area contributed by atoms with Gasteiger partial charge < -0.3 is 19.2 Å². The molecule has 0 spiro atoms. The van der Waals surface area contributed by atoms with E-state index in [1.54, 1.807) is 42.9 Å². The van der Waals surface area contributed by atoms with Crippen LogP contribution in [0.15, 0.2) is 52.2 Å². The number of benzene rings is 1. The third-order valence-corrected chi connectivity index (χ3v) is 5.11. The smallest absolute Gasteiger partial charge is 0.239 e. The van der Waals surface area contributed by atoms with Gasteiger partial charge in [0.1, 0.15) is 11.6 Å². The second kappa shape index (κ2) is 9.37. The van der Waals surface area contributed by atoms with Gasteiger partial charge in [-0.3, -0.25) is 9.59 Å². The van der Waals surface area contributed by atoms with Crippen LogP contribution in [0.1, 0.15) is 5.76 Å². The molecule has 1 aromatic carbocycles. The maximum absolute atomic E-state index is 13.1. The molecule has 1 N–H and O–H groups in total. The molecule has 0 radical (unpaired) electrons. The van der Waals surface area contributed by atoms with Gasteiger partial charge in [0.2, 0.25) is 11.8 Å². The summed E-state index contributed by atoms with van der Waals surface area (Å²) < 4.78 is 20.0. The highest BCUT2D eigenvalue weighted by Crippen LogP contribution is 2.22. The molecule has 2 amide bonds. The fraction of sp³-hybridized carbons (Fsp3) is 0.263. The molecule has 0 aliphatic carbocycles. The van der Waals surface area contributed by atoms with Crippen LogP contribution in [-0.2, 0) is 23.2 Å². The van der Waals surface area contributed by atoms with Gasteiger partial charge in [-0.05, 0) is 36.4 Å². The van der Waals surface area contributed by atoms with E-state index in [1.165, 1.54) is 35.1 Å². The number of furan rings is 1. The number of carbonyl (C=O) groups excluding carboxylic acids is 2. The topological polar surface area (TPSA) is 93.3 Å². The van der Waals surface area contributed by atoms with Gasteiger partial charge in [0.25, 0.3) is 0 Å². The summed E-state index contributed by atoms with van der Waals surface area (Å²) in [6.07, 6.45) is 1.53. The lowest BCUT2D eigenvalue weighted by Crippen LogP contribution is -2.38. The van der Waals surface area contributed by atoms with Gasteiger partial charge in [-0.15, -0.1) is 10.2 Å². The van der Waals surface area contributed by atoms with Crippen LogP contribution in [-0.4, -0.2) is 50.8 Å². The Labute approximate surface area is 171 Å². The number of nitrogens with zero attached hydrogens (tertiary/aromatic N) is 4. The normalized spacial score (nSPS) is 10.7. The second-order valence-electron chi connectivity index (χ2n) is 6.27. The Morgan fingerprint density at radius 1 is 1.24 bits per heavy atom. The predicted octanol–water partition coefficient (Wildman–Crippen LogP) is 2.08. The van der Waals surface area contributed by atoms with Crippen molar-refractivity contribution in [2.24, 2.45) is 7.05 Å². The van der Waals surface area contributed by atoms with Crippen molar-refractivity contribution in [2.45, 2.75) is 11.7 Å². The molecule has 0 aliphatic heterocycles. The number of thioether (sulfide) groups is 1. The Balaban J connectivity index is 1.49. The van der Waals surface area contributed by atoms with Crippen molar-refractivity contribution in [3.05, 3.63) is 54.2 Å². The van der Waals surface area contributed by atoms with E-state index >= 15 is 0 Å². The van der Waals surface area contributed by atoms with E-state index in [0.29, 0.717) is 16.7 Å². The Morgan fingerprint density at radius 3 is 2.69 bits per heavy atom. The van der Waals surface area contributed by atoms with Gasteiger partial charge in [0.05, 0.1) is 25.1 Å². The van der Waals surface area contributed by atoms with Crippen LogP contribution in [0.4, 0.5) is 4.39 Å². The van der Waals surface area contributed by atoms with Gasteiger partial charge in [-0.25, -0.2) is 4.39 Å². The number of aromatic nitrogens is 3. The summed E-state index contributed by atoms with van der Waals surface area (Å²) >= 11 is 1.22. The van der Waals surface area contributed by atoms with Crippen LogP contribution in [0.3, 0.4) is 0 Å². The second-order valence-corrected chi connectivity index (χ2v) is 7.21. The fourth-order valence-corrected chi connectivity index (χ4v) is 3.34.